The quantitative estimate of drug-likeness (QED) is 0.155. The van der Waals surface area contributed by atoms with Gasteiger partial charge >= 0.3 is 5.97 Å². The van der Waals surface area contributed by atoms with Crippen molar-refractivity contribution in [3.63, 3.8) is 0 Å². The number of hydrogen-bond donors (Lipinski definition) is 1. The number of rotatable bonds is 12. The van der Waals surface area contributed by atoms with Crippen molar-refractivity contribution in [3.8, 4) is 0 Å². The van der Waals surface area contributed by atoms with Crippen LogP contribution in [0.3, 0.4) is 0 Å². The molecule has 1 fully saturated rings. The number of aliphatic hydroxyl groups excluding tert-OH is 1. The summed E-state index contributed by atoms with van der Waals surface area (Å²) >= 11 is 0. The molecule has 3 aromatic carbocycles. The van der Waals surface area contributed by atoms with Crippen molar-refractivity contribution in [2.45, 2.75) is 63.6 Å². The molecule has 3 aromatic rings. The molecule has 0 radical (unpaired) electrons. The lowest BCUT2D eigenvalue weighted by molar-refractivity contribution is -0.280. The van der Waals surface area contributed by atoms with E-state index in [1.807, 2.05) is 72.8 Å². The topological polar surface area (TPSA) is 140 Å². The Morgan fingerprint density at radius 1 is 0.923 bits per heavy atom. The molecule has 39 heavy (non-hydrogen) atoms. The molecule has 1 aliphatic heterocycles. The zero-order chi connectivity index (χ0) is 27.6. The van der Waals surface area contributed by atoms with Gasteiger partial charge in [0.15, 0.2) is 12.4 Å². The van der Waals surface area contributed by atoms with Crippen LogP contribution in [0.5, 0.6) is 0 Å². The van der Waals surface area contributed by atoms with Gasteiger partial charge in [0.25, 0.3) is 0 Å². The molecule has 4 rings (SSSR count). The van der Waals surface area contributed by atoms with Crippen molar-refractivity contribution >= 4 is 22.5 Å². The Labute approximate surface area is 226 Å². The fourth-order valence-corrected chi connectivity index (χ4v) is 4.45. The Kier molecular flexibility index (Phi) is 10.0. The van der Waals surface area contributed by atoms with Gasteiger partial charge in [-0.2, -0.15) is 0 Å². The predicted octanol–water partition coefficient (Wildman–Crippen LogP) is 4.62. The molecule has 0 amide bonds. The zero-order valence-electron chi connectivity index (χ0n) is 21.6. The van der Waals surface area contributed by atoms with Crippen molar-refractivity contribution in [2.75, 3.05) is 6.61 Å². The lowest BCUT2D eigenvalue weighted by Gasteiger charge is -2.43. The third-order valence-electron chi connectivity index (χ3n) is 6.44. The van der Waals surface area contributed by atoms with E-state index >= 15 is 0 Å². The molecular formula is C29H31N3O7. The second-order valence-corrected chi connectivity index (χ2v) is 9.33. The van der Waals surface area contributed by atoms with Gasteiger partial charge in [-0.25, -0.2) is 0 Å². The number of fused-ring (bicyclic) bond motifs is 1. The standard InChI is InChI=1S/C29H31N3O7/c1-19(34)11-14-25(35)39-27-24(16-33)38-29(37-17-20-7-3-2-4-8-20)26(31-32-30)28(27)36-18-21-12-13-22-9-5-6-10-23(22)15-21/h2-10,12-13,15,24,26-29,33H,11,14,16-18H2,1H3/t24-,26-,27+,28-,29+/m0/s1. The summed E-state index contributed by atoms with van der Waals surface area (Å²) in [6, 6.07) is 22.1. The molecule has 5 atom stereocenters. The van der Waals surface area contributed by atoms with Crippen molar-refractivity contribution in [1.29, 1.82) is 0 Å². The van der Waals surface area contributed by atoms with E-state index < -0.39 is 43.2 Å². The zero-order valence-corrected chi connectivity index (χ0v) is 21.6. The maximum atomic E-state index is 12.6. The average Bonchev–Trinajstić information content (AvgIpc) is 2.95. The number of ketones is 1. The summed E-state index contributed by atoms with van der Waals surface area (Å²) in [5.41, 5.74) is 11.1. The van der Waals surface area contributed by atoms with Crippen LogP contribution in [0.2, 0.25) is 0 Å². The Hall–Kier alpha value is -3.79. The van der Waals surface area contributed by atoms with E-state index in [1.165, 1.54) is 6.92 Å². The largest absolute Gasteiger partial charge is 0.457 e. The summed E-state index contributed by atoms with van der Waals surface area (Å²) < 4.78 is 23.8. The first-order chi connectivity index (χ1) is 19.0. The Balaban J connectivity index is 1.59. The molecule has 0 aromatic heterocycles. The van der Waals surface area contributed by atoms with Crippen LogP contribution in [-0.4, -0.2) is 54.1 Å². The molecule has 1 heterocycles. The van der Waals surface area contributed by atoms with Gasteiger partial charge in [0.05, 0.1) is 26.2 Å². The Morgan fingerprint density at radius 2 is 1.64 bits per heavy atom. The third kappa shape index (κ3) is 7.63. The first-order valence-electron chi connectivity index (χ1n) is 12.7. The van der Waals surface area contributed by atoms with E-state index in [0.717, 1.165) is 21.9 Å². The molecule has 1 saturated heterocycles. The third-order valence-corrected chi connectivity index (χ3v) is 6.44. The van der Waals surface area contributed by atoms with E-state index in [9.17, 15) is 20.2 Å². The van der Waals surface area contributed by atoms with Crippen LogP contribution in [0, 0.1) is 0 Å². The predicted molar refractivity (Wildman–Crippen MR) is 142 cm³/mol. The molecule has 10 nitrogen and oxygen atoms in total. The number of azide groups is 1. The number of nitrogens with zero attached hydrogens (tertiary/aromatic N) is 3. The van der Waals surface area contributed by atoms with Crippen LogP contribution in [-0.2, 0) is 41.8 Å². The highest BCUT2D eigenvalue weighted by atomic mass is 16.7. The molecule has 1 aliphatic rings. The SMILES string of the molecule is CC(=O)CCC(=O)O[C@H]1[C@@H](OCc2ccc3ccccc3c2)[C@H](N=[N+]=[N-])[C@H](OCc2ccccc2)O[C@H]1CO. The van der Waals surface area contributed by atoms with Crippen LogP contribution < -0.4 is 0 Å². The highest BCUT2D eigenvalue weighted by Crippen LogP contribution is 2.31. The highest BCUT2D eigenvalue weighted by molar-refractivity contribution is 5.83. The summed E-state index contributed by atoms with van der Waals surface area (Å²) in [5, 5.41) is 16.2. The van der Waals surface area contributed by atoms with Gasteiger partial charge in [-0.3, -0.25) is 4.79 Å². The summed E-state index contributed by atoms with van der Waals surface area (Å²) in [4.78, 5) is 26.9. The molecule has 0 saturated carbocycles. The number of ether oxygens (including phenoxy) is 4. The van der Waals surface area contributed by atoms with Gasteiger partial charge in [0.2, 0.25) is 0 Å². The molecule has 10 heteroatoms. The van der Waals surface area contributed by atoms with Crippen LogP contribution >= 0.6 is 0 Å². The number of benzene rings is 3. The lowest BCUT2D eigenvalue weighted by atomic mass is 9.96. The molecule has 0 bridgehead atoms. The number of carbonyl (C=O) groups excluding carboxylic acids is 2. The van der Waals surface area contributed by atoms with Crippen LogP contribution in [0.25, 0.3) is 21.2 Å². The molecule has 1 N–H and O–H groups in total. The summed E-state index contributed by atoms with van der Waals surface area (Å²) in [6.07, 6.45) is -4.32. The van der Waals surface area contributed by atoms with E-state index in [-0.39, 0.29) is 31.8 Å². The molecule has 0 aliphatic carbocycles. The molecule has 0 unspecified atom stereocenters. The van der Waals surface area contributed by atoms with E-state index in [0.29, 0.717) is 0 Å². The van der Waals surface area contributed by atoms with Gasteiger partial charge in [0, 0.05) is 11.3 Å². The van der Waals surface area contributed by atoms with E-state index in [1.54, 1.807) is 0 Å². The van der Waals surface area contributed by atoms with Crippen molar-refractivity contribution in [1.82, 2.24) is 0 Å². The number of esters is 1. The van der Waals surface area contributed by atoms with E-state index in [2.05, 4.69) is 10.0 Å². The second-order valence-electron chi connectivity index (χ2n) is 9.33. The van der Waals surface area contributed by atoms with Gasteiger partial charge in [-0.1, -0.05) is 71.8 Å². The minimum Gasteiger partial charge on any atom is -0.457 e. The number of Topliss-reactive ketones (excluding diaryl/α,β-unsaturated/α-hetero) is 1. The smallest absolute Gasteiger partial charge is 0.306 e. The molecule has 204 valence electrons. The monoisotopic (exact) mass is 533 g/mol. The fraction of sp³-hybridized carbons (Fsp3) is 0.379. The lowest BCUT2D eigenvalue weighted by Crippen LogP contribution is -2.60. The number of aliphatic hydroxyl groups is 1. The summed E-state index contributed by atoms with van der Waals surface area (Å²) in [5.74, 6) is -0.809. The van der Waals surface area contributed by atoms with Gasteiger partial charge in [-0.05, 0) is 40.4 Å². The maximum Gasteiger partial charge on any atom is 0.306 e. The van der Waals surface area contributed by atoms with Gasteiger partial charge < -0.3 is 28.8 Å². The first-order valence-corrected chi connectivity index (χ1v) is 12.7. The van der Waals surface area contributed by atoms with Crippen molar-refractivity contribution < 1.29 is 33.6 Å². The summed E-state index contributed by atoms with van der Waals surface area (Å²) in [6.45, 7) is 1.14. The van der Waals surface area contributed by atoms with E-state index in [4.69, 9.17) is 18.9 Å². The first kappa shape index (κ1) is 28.2. The summed E-state index contributed by atoms with van der Waals surface area (Å²) in [7, 11) is 0. The number of hydrogen-bond acceptors (Lipinski definition) is 8. The Bertz CT molecular complexity index is 1310. The van der Waals surface area contributed by atoms with Crippen LogP contribution in [0.15, 0.2) is 77.9 Å². The highest BCUT2D eigenvalue weighted by Gasteiger charge is 2.49. The van der Waals surface area contributed by atoms with Crippen molar-refractivity contribution in [2.24, 2.45) is 5.11 Å². The van der Waals surface area contributed by atoms with Gasteiger partial charge in [-0.15, -0.1) is 0 Å². The minimum absolute atomic E-state index is 0.0153. The second kappa shape index (κ2) is 13.8. The van der Waals surface area contributed by atoms with Crippen LogP contribution in [0.4, 0.5) is 0 Å². The number of carbonyl (C=O) groups is 2. The van der Waals surface area contributed by atoms with Gasteiger partial charge in [0.1, 0.15) is 24.0 Å². The normalized spacial score (nSPS) is 22.7. The fourth-order valence-electron chi connectivity index (χ4n) is 4.45. The maximum absolute atomic E-state index is 12.6. The Morgan fingerprint density at radius 3 is 2.36 bits per heavy atom. The van der Waals surface area contributed by atoms with Crippen molar-refractivity contribution in [3.05, 3.63) is 94.4 Å². The molecule has 0 spiro atoms. The average molecular weight is 534 g/mol. The molecular weight excluding hydrogens is 502 g/mol. The minimum atomic E-state index is -1.11. The van der Waals surface area contributed by atoms with Crippen LogP contribution in [0.1, 0.15) is 30.9 Å².